The molecule has 0 saturated carbocycles. The Kier molecular flexibility index (Phi) is 4.94. The molecule has 6 nitrogen and oxygen atoms in total. The van der Waals surface area contributed by atoms with Gasteiger partial charge in [0, 0.05) is 29.7 Å². The number of hydrogen-bond donors (Lipinski definition) is 2. The lowest BCUT2D eigenvalue weighted by Crippen LogP contribution is -2.39. The van der Waals surface area contributed by atoms with Crippen molar-refractivity contribution in [2.75, 3.05) is 6.54 Å². The van der Waals surface area contributed by atoms with Gasteiger partial charge in [-0.15, -0.1) is 11.3 Å². The van der Waals surface area contributed by atoms with Gasteiger partial charge in [0.05, 0.1) is 17.5 Å². The average molecular weight is 360 g/mol. The summed E-state index contributed by atoms with van der Waals surface area (Å²) in [5.74, 6) is 0.0460. The van der Waals surface area contributed by atoms with Crippen LogP contribution in [0.2, 0.25) is 0 Å². The van der Waals surface area contributed by atoms with Crippen LogP contribution in [0.15, 0.2) is 12.4 Å². The van der Waals surface area contributed by atoms with E-state index in [1.807, 2.05) is 18.7 Å². The second kappa shape index (κ2) is 7.00. The first-order valence-electron chi connectivity index (χ1n) is 8.51. The van der Waals surface area contributed by atoms with Crippen molar-refractivity contribution >= 4 is 23.2 Å². The lowest BCUT2D eigenvalue weighted by molar-refractivity contribution is -0.121. The summed E-state index contributed by atoms with van der Waals surface area (Å²) in [7, 11) is 0. The minimum absolute atomic E-state index is 0.000753. The molecule has 2 atom stereocenters. The molecular formula is C18H24N4O2S. The van der Waals surface area contributed by atoms with Crippen LogP contribution in [0.5, 0.6) is 0 Å². The minimum atomic E-state index is -0.0353. The molecule has 3 heterocycles. The molecule has 2 amide bonds. The quantitative estimate of drug-likeness (QED) is 0.879. The Morgan fingerprint density at radius 3 is 2.72 bits per heavy atom. The largest absolute Gasteiger partial charge is 0.351 e. The molecule has 2 aromatic rings. The molecule has 25 heavy (non-hydrogen) atoms. The standard InChI is InChI=1S/C18H24N4O2S/c1-10-5-15(21-16(23)6-14-7-19-20-8-14)9-22(10)18(24)17-12(3)11(2)13(4)25-17/h7-8,10,15H,5-6,9H2,1-4H3,(H,19,20)(H,21,23). The zero-order valence-corrected chi connectivity index (χ0v) is 15.9. The molecule has 0 aliphatic carbocycles. The highest BCUT2D eigenvalue weighted by molar-refractivity contribution is 7.14. The Morgan fingerprint density at radius 2 is 2.12 bits per heavy atom. The first-order chi connectivity index (χ1) is 11.9. The maximum absolute atomic E-state index is 12.9. The Hall–Kier alpha value is -2.15. The molecule has 0 radical (unpaired) electrons. The van der Waals surface area contributed by atoms with E-state index in [9.17, 15) is 9.59 Å². The van der Waals surface area contributed by atoms with Crippen LogP contribution in [0, 0.1) is 20.8 Å². The topological polar surface area (TPSA) is 78.1 Å². The van der Waals surface area contributed by atoms with E-state index in [0.29, 0.717) is 13.0 Å². The van der Waals surface area contributed by atoms with E-state index in [2.05, 4.69) is 29.4 Å². The van der Waals surface area contributed by atoms with Crippen molar-refractivity contribution in [2.24, 2.45) is 0 Å². The third kappa shape index (κ3) is 3.61. The molecule has 1 saturated heterocycles. The zero-order chi connectivity index (χ0) is 18.1. The smallest absolute Gasteiger partial charge is 0.264 e. The van der Waals surface area contributed by atoms with E-state index in [0.717, 1.165) is 22.4 Å². The first-order valence-corrected chi connectivity index (χ1v) is 9.33. The van der Waals surface area contributed by atoms with Gasteiger partial charge >= 0.3 is 0 Å². The molecule has 2 aromatic heterocycles. The Morgan fingerprint density at radius 1 is 1.36 bits per heavy atom. The van der Waals surface area contributed by atoms with Crippen LogP contribution in [-0.4, -0.2) is 45.5 Å². The summed E-state index contributed by atoms with van der Waals surface area (Å²) < 4.78 is 0. The van der Waals surface area contributed by atoms with Crippen molar-refractivity contribution in [3.8, 4) is 0 Å². The second-order valence-corrected chi connectivity index (χ2v) is 8.05. The summed E-state index contributed by atoms with van der Waals surface area (Å²) >= 11 is 1.57. The van der Waals surface area contributed by atoms with Crippen molar-refractivity contribution in [1.29, 1.82) is 0 Å². The number of amides is 2. The van der Waals surface area contributed by atoms with Crippen molar-refractivity contribution in [2.45, 2.75) is 52.6 Å². The Bertz CT molecular complexity index is 781. The number of carbonyl (C=O) groups is 2. The lowest BCUT2D eigenvalue weighted by atomic mass is 10.1. The van der Waals surface area contributed by atoms with Gasteiger partial charge in [0.1, 0.15) is 0 Å². The van der Waals surface area contributed by atoms with Gasteiger partial charge in [-0.25, -0.2) is 0 Å². The van der Waals surface area contributed by atoms with E-state index in [4.69, 9.17) is 0 Å². The van der Waals surface area contributed by atoms with E-state index < -0.39 is 0 Å². The van der Waals surface area contributed by atoms with E-state index in [1.165, 1.54) is 10.4 Å². The fourth-order valence-electron chi connectivity index (χ4n) is 3.33. The highest BCUT2D eigenvalue weighted by Crippen LogP contribution is 2.30. The van der Waals surface area contributed by atoms with Crippen molar-refractivity contribution in [3.05, 3.63) is 38.8 Å². The Labute approximate surface area is 151 Å². The minimum Gasteiger partial charge on any atom is -0.351 e. The molecule has 1 aliphatic rings. The molecule has 3 rings (SSSR count). The molecule has 7 heteroatoms. The molecule has 2 N–H and O–H groups in total. The Balaban J connectivity index is 1.63. The van der Waals surface area contributed by atoms with E-state index in [-0.39, 0.29) is 23.9 Å². The maximum atomic E-state index is 12.9. The number of carbonyl (C=O) groups excluding carboxylic acids is 2. The fourth-order valence-corrected chi connectivity index (χ4v) is 4.46. The van der Waals surface area contributed by atoms with Crippen LogP contribution >= 0.6 is 11.3 Å². The van der Waals surface area contributed by atoms with Crippen LogP contribution in [0.25, 0.3) is 0 Å². The summed E-state index contributed by atoms with van der Waals surface area (Å²) in [5.41, 5.74) is 3.13. The van der Waals surface area contributed by atoms with Gasteiger partial charge in [-0.3, -0.25) is 14.7 Å². The molecular weight excluding hydrogens is 336 g/mol. The number of aromatic amines is 1. The van der Waals surface area contributed by atoms with Gasteiger partial charge in [0.25, 0.3) is 5.91 Å². The number of aromatic nitrogens is 2. The number of nitrogens with zero attached hydrogens (tertiary/aromatic N) is 2. The summed E-state index contributed by atoms with van der Waals surface area (Å²) in [6.45, 7) is 8.73. The summed E-state index contributed by atoms with van der Waals surface area (Å²) in [6.07, 6.45) is 4.46. The number of H-pyrrole nitrogens is 1. The van der Waals surface area contributed by atoms with Crippen LogP contribution in [-0.2, 0) is 11.2 Å². The first kappa shape index (κ1) is 17.7. The number of thiophene rings is 1. The van der Waals surface area contributed by atoms with Crippen molar-refractivity contribution in [3.63, 3.8) is 0 Å². The molecule has 2 unspecified atom stereocenters. The van der Waals surface area contributed by atoms with Gasteiger partial charge in [0.15, 0.2) is 0 Å². The van der Waals surface area contributed by atoms with Crippen molar-refractivity contribution in [1.82, 2.24) is 20.4 Å². The number of hydrogen-bond acceptors (Lipinski definition) is 4. The van der Waals surface area contributed by atoms with Crippen molar-refractivity contribution < 1.29 is 9.59 Å². The van der Waals surface area contributed by atoms with Crippen LogP contribution in [0.4, 0.5) is 0 Å². The van der Waals surface area contributed by atoms with Crippen LogP contribution in [0.3, 0.4) is 0 Å². The van der Waals surface area contributed by atoms with Gasteiger partial charge < -0.3 is 10.2 Å². The summed E-state index contributed by atoms with van der Waals surface area (Å²) in [5, 5.41) is 9.60. The lowest BCUT2D eigenvalue weighted by Gasteiger charge is -2.21. The number of aryl methyl sites for hydroxylation is 1. The van der Waals surface area contributed by atoms with Crippen LogP contribution < -0.4 is 5.32 Å². The number of nitrogens with one attached hydrogen (secondary N) is 2. The van der Waals surface area contributed by atoms with E-state index in [1.54, 1.807) is 23.7 Å². The maximum Gasteiger partial charge on any atom is 0.264 e. The molecule has 0 aromatic carbocycles. The van der Waals surface area contributed by atoms with Gasteiger partial charge in [-0.05, 0) is 50.8 Å². The fraction of sp³-hybridized carbons (Fsp3) is 0.500. The summed E-state index contributed by atoms with van der Waals surface area (Å²) in [4.78, 5) is 29.0. The van der Waals surface area contributed by atoms with Gasteiger partial charge in [0.2, 0.25) is 5.91 Å². The molecule has 1 aliphatic heterocycles. The third-order valence-electron chi connectivity index (χ3n) is 5.00. The van der Waals surface area contributed by atoms with Gasteiger partial charge in [-0.1, -0.05) is 0 Å². The van der Waals surface area contributed by atoms with Gasteiger partial charge in [-0.2, -0.15) is 5.10 Å². The monoisotopic (exact) mass is 360 g/mol. The molecule has 134 valence electrons. The normalized spacial score (nSPS) is 20.1. The van der Waals surface area contributed by atoms with Crippen LogP contribution in [0.1, 0.15) is 44.6 Å². The molecule has 0 spiro atoms. The zero-order valence-electron chi connectivity index (χ0n) is 15.0. The highest BCUT2D eigenvalue weighted by atomic mass is 32.1. The molecule has 0 bridgehead atoms. The predicted octanol–water partition coefficient (Wildman–Crippen LogP) is 2.36. The number of likely N-dealkylation sites (tertiary alicyclic amines) is 1. The second-order valence-electron chi connectivity index (χ2n) is 6.83. The molecule has 1 fully saturated rings. The average Bonchev–Trinajstić information content (AvgIpc) is 3.24. The highest BCUT2D eigenvalue weighted by Gasteiger charge is 2.35. The third-order valence-corrected chi connectivity index (χ3v) is 6.30. The SMILES string of the molecule is Cc1sc(C(=O)N2CC(NC(=O)Cc3cn[nH]c3)CC2C)c(C)c1C. The summed E-state index contributed by atoms with van der Waals surface area (Å²) in [6, 6.07) is 0.120. The van der Waals surface area contributed by atoms with E-state index >= 15 is 0 Å². The number of rotatable bonds is 4. The predicted molar refractivity (Wildman–Crippen MR) is 97.9 cm³/mol.